The summed E-state index contributed by atoms with van der Waals surface area (Å²) >= 11 is 0. The number of hydrogen-bond acceptors (Lipinski definition) is 3. The van der Waals surface area contributed by atoms with E-state index in [1.165, 1.54) is 38.2 Å². The van der Waals surface area contributed by atoms with Gasteiger partial charge in [0.05, 0.1) is 0 Å². The lowest BCUT2D eigenvalue weighted by Gasteiger charge is -2.45. The van der Waals surface area contributed by atoms with Gasteiger partial charge in [0.2, 0.25) is 0 Å². The summed E-state index contributed by atoms with van der Waals surface area (Å²) in [5.74, 6) is 0.736. The van der Waals surface area contributed by atoms with Crippen molar-refractivity contribution in [3.8, 4) is 0 Å². The molecule has 2 aliphatic heterocycles. The first-order valence-electron chi connectivity index (χ1n) is 8.12. The highest BCUT2D eigenvalue weighted by Crippen LogP contribution is 2.27. The molecule has 110 valence electrons. The maximum absolute atomic E-state index is 4.46. The van der Waals surface area contributed by atoms with Crippen molar-refractivity contribution in [3.05, 3.63) is 30.1 Å². The van der Waals surface area contributed by atoms with Gasteiger partial charge in [-0.05, 0) is 37.4 Å². The Hall–Kier alpha value is -0.930. The molecule has 3 nitrogen and oxygen atoms in total. The molecule has 2 fully saturated rings. The van der Waals surface area contributed by atoms with Gasteiger partial charge >= 0.3 is 0 Å². The van der Waals surface area contributed by atoms with Crippen LogP contribution in [0.3, 0.4) is 0 Å². The number of rotatable bonds is 4. The molecule has 3 rings (SSSR count). The third-order valence-electron chi connectivity index (χ3n) is 4.99. The van der Waals surface area contributed by atoms with Gasteiger partial charge in [0.25, 0.3) is 0 Å². The Labute approximate surface area is 123 Å². The van der Waals surface area contributed by atoms with Gasteiger partial charge in [-0.2, -0.15) is 0 Å². The first kappa shape index (κ1) is 14.0. The maximum Gasteiger partial charge on any atom is 0.0416 e. The number of fused-ring (bicyclic) bond motifs is 1. The van der Waals surface area contributed by atoms with Gasteiger partial charge in [0, 0.05) is 50.0 Å². The van der Waals surface area contributed by atoms with Crippen LogP contribution in [0.4, 0.5) is 0 Å². The topological polar surface area (TPSA) is 19.4 Å². The summed E-state index contributed by atoms with van der Waals surface area (Å²) in [4.78, 5) is 9.91. The van der Waals surface area contributed by atoms with E-state index in [1.807, 2.05) is 12.3 Å². The average Bonchev–Trinajstić information content (AvgIpc) is 2.92. The van der Waals surface area contributed by atoms with Crippen LogP contribution in [0, 0.1) is 5.92 Å². The van der Waals surface area contributed by atoms with Crippen molar-refractivity contribution in [1.29, 1.82) is 0 Å². The second kappa shape index (κ2) is 6.23. The molecule has 0 saturated carbocycles. The van der Waals surface area contributed by atoms with E-state index in [1.54, 1.807) is 0 Å². The lowest BCUT2D eigenvalue weighted by Crippen LogP contribution is -2.58. The Morgan fingerprint density at radius 2 is 2.20 bits per heavy atom. The molecule has 2 aliphatic rings. The molecular formula is C17H27N3. The van der Waals surface area contributed by atoms with E-state index < -0.39 is 0 Å². The summed E-state index contributed by atoms with van der Waals surface area (Å²) in [6, 6.07) is 7.77. The smallest absolute Gasteiger partial charge is 0.0416 e. The number of nitrogens with zero attached hydrogens (tertiary/aromatic N) is 3. The molecule has 0 N–H and O–H groups in total. The molecule has 3 heterocycles. The Kier molecular flexibility index (Phi) is 4.37. The molecule has 2 atom stereocenters. The van der Waals surface area contributed by atoms with Gasteiger partial charge in [0.1, 0.15) is 0 Å². The Balaban J connectivity index is 1.63. The second-order valence-electron chi connectivity index (χ2n) is 6.67. The number of pyridine rings is 1. The number of aromatic nitrogens is 1. The van der Waals surface area contributed by atoms with Crippen LogP contribution in [0.25, 0.3) is 0 Å². The van der Waals surface area contributed by atoms with Gasteiger partial charge in [-0.3, -0.25) is 14.8 Å². The maximum atomic E-state index is 4.46. The summed E-state index contributed by atoms with van der Waals surface area (Å²) in [5, 5.41) is 0. The minimum atomic E-state index is 0.716. The van der Waals surface area contributed by atoms with Gasteiger partial charge in [-0.25, -0.2) is 0 Å². The van der Waals surface area contributed by atoms with Crippen molar-refractivity contribution in [2.24, 2.45) is 5.92 Å². The summed E-state index contributed by atoms with van der Waals surface area (Å²) in [6.07, 6.45) is 5.77. The standard InChI is InChI=1S/C17H27N3/c1-14(2)17-13-19-10-5-7-16(19)12-20(17)11-8-15-6-3-4-9-18-15/h3-4,6,9,14,16-17H,5,7-8,10-13H2,1-2H3. The molecule has 0 spiro atoms. The van der Waals surface area contributed by atoms with Crippen molar-refractivity contribution >= 4 is 0 Å². The number of piperazine rings is 1. The fourth-order valence-corrected chi connectivity index (χ4v) is 3.80. The first-order chi connectivity index (χ1) is 9.74. The summed E-state index contributed by atoms with van der Waals surface area (Å²) in [5.41, 5.74) is 1.23. The van der Waals surface area contributed by atoms with Gasteiger partial charge in [-0.15, -0.1) is 0 Å². The van der Waals surface area contributed by atoms with E-state index in [2.05, 4.69) is 40.8 Å². The van der Waals surface area contributed by atoms with Crippen LogP contribution in [0.5, 0.6) is 0 Å². The minimum absolute atomic E-state index is 0.716. The summed E-state index contributed by atoms with van der Waals surface area (Å²) < 4.78 is 0. The van der Waals surface area contributed by atoms with Gasteiger partial charge in [0.15, 0.2) is 0 Å². The highest BCUT2D eigenvalue weighted by Gasteiger charge is 2.36. The fourth-order valence-electron chi connectivity index (χ4n) is 3.80. The zero-order valence-electron chi connectivity index (χ0n) is 12.8. The normalized spacial score (nSPS) is 27.9. The average molecular weight is 273 g/mol. The first-order valence-corrected chi connectivity index (χ1v) is 8.12. The molecule has 1 aromatic rings. The molecule has 0 radical (unpaired) electrons. The van der Waals surface area contributed by atoms with E-state index in [0.29, 0.717) is 6.04 Å². The van der Waals surface area contributed by atoms with Crippen LogP contribution in [0.2, 0.25) is 0 Å². The van der Waals surface area contributed by atoms with Gasteiger partial charge in [-0.1, -0.05) is 19.9 Å². The van der Waals surface area contributed by atoms with Crippen molar-refractivity contribution in [2.75, 3.05) is 26.2 Å². The summed E-state index contributed by atoms with van der Waals surface area (Å²) in [6.45, 7) is 9.75. The highest BCUT2D eigenvalue weighted by molar-refractivity contribution is 5.04. The van der Waals surface area contributed by atoms with Crippen LogP contribution < -0.4 is 0 Å². The molecule has 3 heteroatoms. The van der Waals surface area contributed by atoms with E-state index in [9.17, 15) is 0 Å². The van der Waals surface area contributed by atoms with E-state index >= 15 is 0 Å². The largest absolute Gasteiger partial charge is 0.298 e. The number of hydrogen-bond donors (Lipinski definition) is 0. The highest BCUT2D eigenvalue weighted by atomic mass is 15.3. The molecule has 0 amide bonds. The lowest BCUT2D eigenvalue weighted by atomic mass is 9.97. The SMILES string of the molecule is CC(C)C1CN2CCCC2CN1CCc1ccccn1. The van der Waals surface area contributed by atoms with Crippen LogP contribution in [0.15, 0.2) is 24.4 Å². The van der Waals surface area contributed by atoms with E-state index in [4.69, 9.17) is 0 Å². The molecule has 0 aliphatic carbocycles. The third-order valence-corrected chi connectivity index (χ3v) is 4.99. The molecule has 2 unspecified atom stereocenters. The quantitative estimate of drug-likeness (QED) is 0.840. The zero-order valence-corrected chi connectivity index (χ0v) is 12.8. The van der Waals surface area contributed by atoms with E-state index in [-0.39, 0.29) is 0 Å². The minimum Gasteiger partial charge on any atom is -0.298 e. The van der Waals surface area contributed by atoms with Crippen LogP contribution in [-0.2, 0) is 6.42 Å². The monoisotopic (exact) mass is 273 g/mol. The molecular weight excluding hydrogens is 246 g/mol. The molecule has 0 aromatic carbocycles. The molecule has 20 heavy (non-hydrogen) atoms. The molecule has 2 saturated heterocycles. The predicted molar refractivity (Wildman–Crippen MR) is 82.7 cm³/mol. The van der Waals surface area contributed by atoms with Crippen molar-refractivity contribution < 1.29 is 0 Å². The Bertz CT molecular complexity index is 418. The second-order valence-corrected chi connectivity index (χ2v) is 6.67. The Morgan fingerprint density at radius 1 is 1.30 bits per heavy atom. The van der Waals surface area contributed by atoms with Crippen LogP contribution >= 0.6 is 0 Å². The molecule has 0 bridgehead atoms. The van der Waals surface area contributed by atoms with Crippen molar-refractivity contribution in [2.45, 2.75) is 45.2 Å². The zero-order chi connectivity index (χ0) is 13.9. The third kappa shape index (κ3) is 3.04. The predicted octanol–water partition coefficient (Wildman–Crippen LogP) is 2.43. The fraction of sp³-hybridized carbons (Fsp3) is 0.706. The molecule has 1 aromatic heterocycles. The van der Waals surface area contributed by atoms with E-state index in [0.717, 1.165) is 24.9 Å². The van der Waals surface area contributed by atoms with Crippen molar-refractivity contribution in [3.63, 3.8) is 0 Å². The van der Waals surface area contributed by atoms with Crippen LogP contribution in [-0.4, -0.2) is 53.0 Å². The Morgan fingerprint density at radius 3 is 2.95 bits per heavy atom. The van der Waals surface area contributed by atoms with Crippen LogP contribution in [0.1, 0.15) is 32.4 Å². The van der Waals surface area contributed by atoms with Crippen molar-refractivity contribution in [1.82, 2.24) is 14.8 Å². The lowest BCUT2D eigenvalue weighted by molar-refractivity contribution is 0.0301. The van der Waals surface area contributed by atoms with Gasteiger partial charge < -0.3 is 0 Å². The summed E-state index contributed by atoms with van der Waals surface area (Å²) in [7, 11) is 0.